The minimum atomic E-state index is 0. The number of nitrogens with one attached hydrogen (secondary N) is 1. The smallest absolute Gasteiger partial charge is 0.193 e. The number of hydrogen-bond donors (Lipinski definition) is 1. The molecule has 0 aromatic carbocycles. The van der Waals surface area contributed by atoms with Gasteiger partial charge in [0.15, 0.2) is 5.96 Å². The van der Waals surface area contributed by atoms with Gasteiger partial charge in [0, 0.05) is 38.7 Å². The lowest BCUT2D eigenvalue weighted by molar-refractivity contribution is 0.121. The molecular formula is C18H32ClIN4OS. The van der Waals surface area contributed by atoms with Gasteiger partial charge < -0.3 is 19.9 Å². The normalized spacial score (nSPS) is 16.4. The highest BCUT2D eigenvalue weighted by Gasteiger charge is 2.19. The molecule has 26 heavy (non-hydrogen) atoms. The van der Waals surface area contributed by atoms with Crippen LogP contribution in [-0.2, 0) is 11.3 Å². The molecule has 5 nitrogen and oxygen atoms in total. The molecule has 0 atom stereocenters. The van der Waals surface area contributed by atoms with E-state index >= 15 is 0 Å². The summed E-state index contributed by atoms with van der Waals surface area (Å²) in [6, 6.07) is 4.04. The zero-order chi connectivity index (χ0) is 18.1. The minimum absolute atomic E-state index is 0. The third-order valence-corrected chi connectivity index (χ3v) is 5.75. The van der Waals surface area contributed by atoms with Gasteiger partial charge in [-0.15, -0.1) is 35.3 Å². The van der Waals surface area contributed by atoms with Crippen LogP contribution >= 0.6 is 46.9 Å². The molecule has 1 fully saturated rings. The summed E-state index contributed by atoms with van der Waals surface area (Å²) in [5.41, 5.74) is 0. The molecule has 0 saturated carbocycles. The molecule has 1 aliphatic heterocycles. The van der Waals surface area contributed by atoms with Gasteiger partial charge in [0.25, 0.3) is 0 Å². The van der Waals surface area contributed by atoms with E-state index < -0.39 is 0 Å². The summed E-state index contributed by atoms with van der Waals surface area (Å²) in [5.74, 6) is 1.66. The second-order valence-electron chi connectivity index (χ2n) is 6.53. The van der Waals surface area contributed by atoms with E-state index in [-0.39, 0.29) is 24.0 Å². The Morgan fingerprint density at radius 3 is 2.73 bits per heavy atom. The Balaban J connectivity index is 0.00000338. The van der Waals surface area contributed by atoms with Crippen LogP contribution in [0.3, 0.4) is 0 Å². The van der Waals surface area contributed by atoms with Gasteiger partial charge in [-0.2, -0.15) is 0 Å². The maximum Gasteiger partial charge on any atom is 0.193 e. The number of guanidine groups is 1. The second-order valence-corrected chi connectivity index (χ2v) is 8.33. The summed E-state index contributed by atoms with van der Waals surface area (Å²) in [6.45, 7) is 8.90. The van der Waals surface area contributed by atoms with Crippen LogP contribution in [0.2, 0.25) is 4.34 Å². The molecule has 1 aromatic heterocycles. The van der Waals surface area contributed by atoms with E-state index in [4.69, 9.17) is 21.3 Å². The maximum absolute atomic E-state index is 6.03. The Kier molecular flexibility index (Phi) is 12.1. The van der Waals surface area contributed by atoms with Crippen molar-refractivity contribution in [3.63, 3.8) is 0 Å². The van der Waals surface area contributed by atoms with Crippen LogP contribution < -0.4 is 5.32 Å². The van der Waals surface area contributed by atoms with Gasteiger partial charge >= 0.3 is 0 Å². The van der Waals surface area contributed by atoms with Crippen LogP contribution in [0.1, 0.15) is 24.6 Å². The molecule has 0 radical (unpaired) electrons. The summed E-state index contributed by atoms with van der Waals surface area (Å²) in [5, 5.41) is 3.41. The first kappa shape index (κ1) is 23.9. The SMILES string of the molecule is CCNC(=NCC1CCN(CCOC)CC1)N(C)Cc1ccc(Cl)s1.I. The first-order valence-corrected chi connectivity index (χ1v) is 10.3. The van der Waals surface area contributed by atoms with Crippen molar-refractivity contribution in [1.82, 2.24) is 15.1 Å². The fourth-order valence-corrected chi connectivity index (χ4v) is 4.18. The number of piperidine rings is 1. The van der Waals surface area contributed by atoms with Gasteiger partial charge in [-0.3, -0.25) is 4.99 Å². The highest BCUT2D eigenvalue weighted by Crippen LogP contribution is 2.22. The van der Waals surface area contributed by atoms with Crippen molar-refractivity contribution in [1.29, 1.82) is 0 Å². The number of ether oxygens (including phenoxy) is 1. The minimum Gasteiger partial charge on any atom is -0.383 e. The topological polar surface area (TPSA) is 40.1 Å². The van der Waals surface area contributed by atoms with Crippen LogP contribution in [0.25, 0.3) is 0 Å². The van der Waals surface area contributed by atoms with E-state index in [0.29, 0.717) is 5.92 Å². The van der Waals surface area contributed by atoms with E-state index in [2.05, 4.69) is 35.2 Å². The van der Waals surface area contributed by atoms with Crippen LogP contribution in [0, 0.1) is 5.92 Å². The molecule has 1 aliphatic rings. The lowest BCUT2D eigenvalue weighted by Crippen LogP contribution is -2.40. The fourth-order valence-electron chi connectivity index (χ4n) is 3.04. The second kappa shape index (κ2) is 13.1. The molecule has 0 aliphatic carbocycles. The molecule has 8 heteroatoms. The number of methoxy groups -OCH3 is 1. The van der Waals surface area contributed by atoms with Crippen molar-refractivity contribution in [3.8, 4) is 0 Å². The highest BCUT2D eigenvalue weighted by atomic mass is 127. The number of rotatable bonds is 8. The van der Waals surface area contributed by atoms with Crippen molar-refractivity contribution in [2.75, 3.05) is 53.5 Å². The predicted octanol–water partition coefficient (Wildman–Crippen LogP) is 3.78. The number of likely N-dealkylation sites (tertiary alicyclic amines) is 1. The Hall–Kier alpha value is -0.0900. The number of thiophene rings is 1. The largest absolute Gasteiger partial charge is 0.383 e. The number of halogens is 2. The van der Waals surface area contributed by atoms with Gasteiger partial charge in [-0.05, 0) is 50.9 Å². The molecule has 1 aromatic rings. The lowest BCUT2D eigenvalue weighted by atomic mass is 9.97. The summed E-state index contributed by atoms with van der Waals surface area (Å²) in [4.78, 5) is 10.8. The average Bonchev–Trinajstić information content (AvgIpc) is 3.02. The Bertz CT molecular complexity index is 535. The van der Waals surface area contributed by atoms with E-state index in [1.807, 2.05) is 6.07 Å². The fraction of sp³-hybridized carbons (Fsp3) is 0.722. The molecular weight excluding hydrogens is 483 g/mol. The number of hydrogen-bond acceptors (Lipinski definition) is 4. The molecule has 0 unspecified atom stereocenters. The zero-order valence-electron chi connectivity index (χ0n) is 16.0. The quantitative estimate of drug-likeness (QED) is 0.326. The maximum atomic E-state index is 6.03. The summed E-state index contributed by atoms with van der Waals surface area (Å²) < 4.78 is 6.01. The molecule has 2 heterocycles. The summed E-state index contributed by atoms with van der Waals surface area (Å²) >= 11 is 7.66. The van der Waals surface area contributed by atoms with E-state index in [1.54, 1.807) is 18.4 Å². The van der Waals surface area contributed by atoms with Crippen molar-refractivity contribution in [2.45, 2.75) is 26.3 Å². The van der Waals surface area contributed by atoms with Crippen molar-refractivity contribution >= 4 is 52.9 Å². The molecule has 0 amide bonds. The van der Waals surface area contributed by atoms with E-state index in [9.17, 15) is 0 Å². The molecule has 1 N–H and O–H groups in total. The third-order valence-electron chi connectivity index (χ3n) is 4.54. The average molecular weight is 515 g/mol. The lowest BCUT2D eigenvalue weighted by Gasteiger charge is -2.31. The van der Waals surface area contributed by atoms with E-state index in [1.165, 1.54) is 17.7 Å². The van der Waals surface area contributed by atoms with E-state index in [0.717, 1.165) is 56.2 Å². The van der Waals surface area contributed by atoms with Gasteiger partial charge in [-0.1, -0.05) is 11.6 Å². The molecule has 0 bridgehead atoms. The standard InChI is InChI=1S/C18H31ClN4OS.HI/c1-4-20-18(22(2)14-16-5-6-17(19)25-16)21-13-15-7-9-23(10-8-15)11-12-24-3;/h5-6,15H,4,7-14H2,1-3H3,(H,20,21);1H. The van der Waals surface area contributed by atoms with Crippen molar-refractivity contribution in [3.05, 3.63) is 21.3 Å². The first-order valence-electron chi connectivity index (χ1n) is 9.07. The van der Waals surface area contributed by atoms with Gasteiger partial charge in [0.2, 0.25) is 0 Å². The number of aliphatic imine (C=N–C) groups is 1. The van der Waals surface area contributed by atoms with Crippen molar-refractivity contribution < 1.29 is 4.74 Å². The van der Waals surface area contributed by atoms with Gasteiger partial charge in [0.05, 0.1) is 17.5 Å². The zero-order valence-corrected chi connectivity index (χ0v) is 19.9. The Labute approximate surface area is 184 Å². The molecule has 150 valence electrons. The molecule has 0 spiro atoms. The number of nitrogens with zero attached hydrogens (tertiary/aromatic N) is 3. The van der Waals surface area contributed by atoms with Gasteiger partial charge in [-0.25, -0.2) is 0 Å². The summed E-state index contributed by atoms with van der Waals surface area (Å²) in [7, 11) is 3.85. The van der Waals surface area contributed by atoms with Crippen LogP contribution in [0.5, 0.6) is 0 Å². The van der Waals surface area contributed by atoms with Crippen molar-refractivity contribution in [2.24, 2.45) is 10.9 Å². The third kappa shape index (κ3) is 8.29. The highest BCUT2D eigenvalue weighted by molar-refractivity contribution is 14.0. The Morgan fingerprint density at radius 1 is 1.42 bits per heavy atom. The first-order chi connectivity index (χ1) is 12.1. The van der Waals surface area contributed by atoms with Crippen LogP contribution in [-0.4, -0.2) is 69.2 Å². The summed E-state index contributed by atoms with van der Waals surface area (Å²) in [6.07, 6.45) is 2.44. The molecule has 2 rings (SSSR count). The Morgan fingerprint density at radius 2 is 2.15 bits per heavy atom. The molecule has 1 saturated heterocycles. The predicted molar refractivity (Wildman–Crippen MR) is 123 cm³/mol. The van der Waals surface area contributed by atoms with Crippen LogP contribution in [0.15, 0.2) is 17.1 Å². The monoisotopic (exact) mass is 514 g/mol. The van der Waals surface area contributed by atoms with Gasteiger partial charge in [0.1, 0.15) is 0 Å². The van der Waals surface area contributed by atoms with Crippen LogP contribution in [0.4, 0.5) is 0 Å².